The number of amides is 1. The largest absolute Gasteiger partial charge is 0.393 e. The highest BCUT2D eigenvalue weighted by Crippen LogP contribution is 2.06. The molecule has 0 fully saturated rings. The van der Waals surface area contributed by atoms with E-state index in [1.807, 2.05) is 35.0 Å². The first-order valence-electron chi connectivity index (χ1n) is 6.66. The van der Waals surface area contributed by atoms with E-state index in [0.29, 0.717) is 18.5 Å². The molecule has 0 saturated heterocycles. The molecule has 2 N–H and O–H groups in total. The van der Waals surface area contributed by atoms with Crippen molar-refractivity contribution in [1.29, 1.82) is 0 Å². The maximum absolute atomic E-state index is 11.8. The Balaban J connectivity index is 1.89. The van der Waals surface area contributed by atoms with Crippen LogP contribution in [0.2, 0.25) is 0 Å². The molecule has 2 aromatic rings. The van der Waals surface area contributed by atoms with E-state index in [0.717, 1.165) is 12.1 Å². The topological polar surface area (TPSA) is 67.2 Å². The standard InChI is InChI=1S/C15H19N3O2/c1-12(19)6-7-17-15(20)14-4-2-13(3-5-14)10-18-9-8-16-11-18/h2-5,8-9,11-12,19H,6-7,10H2,1H3,(H,17,20). The second kappa shape index (κ2) is 6.86. The zero-order valence-corrected chi connectivity index (χ0v) is 11.5. The molecule has 0 saturated carbocycles. The molecule has 106 valence electrons. The first kappa shape index (κ1) is 14.3. The molecule has 5 heteroatoms. The van der Waals surface area contributed by atoms with Gasteiger partial charge in [0.05, 0.1) is 12.4 Å². The van der Waals surface area contributed by atoms with E-state index in [1.165, 1.54) is 0 Å². The van der Waals surface area contributed by atoms with Gasteiger partial charge in [-0.05, 0) is 31.0 Å². The van der Waals surface area contributed by atoms with Gasteiger partial charge in [0, 0.05) is 31.0 Å². The molecule has 0 spiro atoms. The van der Waals surface area contributed by atoms with Gasteiger partial charge < -0.3 is 15.0 Å². The van der Waals surface area contributed by atoms with Crippen LogP contribution in [0.4, 0.5) is 0 Å². The van der Waals surface area contributed by atoms with Gasteiger partial charge in [0.15, 0.2) is 0 Å². The SMILES string of the molecule is CC(O)CCNC(=O)c1ccc(Cn2ccnc2)cc1. The molecule has 0 aliphatic heterocycles. The number of hydrogen-bond acceptors (Lipinski definition) is 3. The zero-order chi connectivity index (χ0) is 14.4. The van der Waals surface area contributed by atoms with Gasteiger partial charge in [-0.3, -0.25) is 4.79 Å². The third-order valence-electron chi connectivity index (χ3n) is 2.99. The van der Waals surface area contributed by atoms with Gasteiger partial charge in [0.2, 0.25) is 0 Å². The summed E-state index contributed by atoms with van der Waals surface area (Å²) in [4.78, 5) is 15.8. The van der Waals surface area contributed by atoms with Gasteiger partial charge >= 0.3 is 0 Å². The monoisotopic (exact) mass is 273 g/mol. The van der Waals surface area contributed by atoms with Crippen LogP contribution in [-0.2, 0) is 6.54 Å². The van der Waals surface area contributed by atoms with E-state index in [9.17, 15) is 4.79 Å². The quantitative estimate of drug-likeness (QED) is 0.836. The van der Waals surface area contributed by atoms with E-state index in [4.69, 9.17) is 5.11 Å². The van der Waals surface area contributed by atoms with Crippen LogP contribution in [0.25, 0.3) is 0 Å². The lowest BCUT2D eigenvalue weighted by Gasteiger charge is -2.08. The van der Waals surface area contributed by atoms with Crippen LogP contribution < -0.4 is 5.32 Å². The lowest BCUT2D eigenvalue weighted by Crippen LogP contribution is -2.26. The van der Waals surface area contributed by atoms with Crippen molar-refractivity contribution in [2.45, 2.75) is 26.0 Å². The Bertz CT molecular complexity index is 533. The van der Waals surface area contributed by atoms with Gasteiger partial charge in [0.1, 0.15) is 0 Å². The van der Waals surface area contributed by atoms with Crippen molar-refractivity contribution in [2.24, 2.45) is 0 Å². The van der Waals surface area contributed by atoms with E-state index in [1.54, 1.807) is 19.4 Å². The Kier molecular flexibility index (Phi) is 4.90. The molecule has 1 unspecified atom stereocenters. The summed E-state index contributed by atoms with van der Waals surface area (Å²) in [5.74, 6) is -0.111. The van der Waals surface area contributed by atoms with Gasteiger partial charge in [-0.15, -0.1) is 0 Å². The van der Waals surface area contributed by atoms with E-state index < -0.39 is 6.10 Å². The molecule has 0 aliphatic rings. The number of aliphatic hydroxyl groups is 1. The minimum Gasteiger partial charge on any atom is -0.393 e. The minimum absolute atomic E-state index is 0.111. The highest BCUT2D eigenvalue weighted by Gasteiger charge is 2.05. The summed E-state index contributed by atoms with van der Waals surface area (Å²) in [6.45, 7) is 2.92. The lowest BCUT2D eigenvalue weighted by atomic mass is 10.1. The van der Waals surface area contributed by atoms with Crippen LogP contribution in [0.5, 0.6) is 0 Å². The molecule has 1 atom stereocenters. The first-order valence-corrected chi connectivity index (χ1v) is 6.66. The van der Waals surface area contributed by atoms with E-state index in [-0.39, 0.29) is 5.91 Å². The number of nitrogens with zero attached hydrogens (tertiary/aromatic N) is 2. The van der Waals surface area contributed by atoms with Crippen molar-refractivity contribution in [3.63, 3.8) is 0 Å². The van der Waals surface area contributed by atoms with Gasteiger partial charge in [-0.1, -0.05) is 12.1 Å². The summed E-state index contributed by atoms with van der Waals surface area (Å²) >= 11 is 0. The summed E-state index contributed by atoms with van der Waals surface area (Å²) in [7, 11) is 0. The molecule has 0 aliphatic carbocycles. The van der Waals surface area contributed by atoms with E-state index in [2.05, 4.69) is 10.3 Å². The van der Waals surface area contributed by atoms with Crippen LogP contribution in [-0.4, -0.2) is 33.2 Å². The Labute approximate surface area is 118 Å². The highest BCUT2D eigenvalue weighted by molar-refractivity contribution is 5.94. The molecule has 1 aromatic heterocycles. The number of aromatic nitrogens is 2. The number of benzene rings is 1. The second-order valence-electron chi connectivity index (χ2n) is 4.83. The molecule has 1 amide bonds. The van der Waals surface area contributed by atoms with Gasteiger partial charge in [-0.2, -0.15) is 0 Å². The molecular weight excluding hydrogens is 254 g/mol. The zero-order valence-electron chi connectivity index (χ0n) is 11.5. The summed E-state index contributed by atoms with van der Waals surface area (Å²) in [6.07, 6.45) is 5.56. The van der Waals surface area contributed by atoms with Crippen molar-refractivity contribution in [2.75, 3.05) is 6.54 Å². The molecule has 20 heavy (non-hydrogen) atoms. The van der Waals surface area contributed by atoms with Crippen LogP contribution in [0.1, 0.15) is 29.3 Å². The number of rotatable bonds is 6. The maximum Gasteiger partial charge on any atom is 0.251 e. The van der Waals surface area contributed by atoms with Crippen molar-refractivity contribution in [3.8, 4) is 0 Å². The average molecular weight is 273 g/mol. The van der Waals surface area contributed by atoms with Crippen molar-refractivity contribution < 1.29 is 9.90 Å². The molecule has 1 heterocycles. The molecule has 1 aromatic carbocycles. The fourth-order valence-electron chi connectivity index (χ4n) is 1.85. The molecule has 0 radical (unpaired) electrons. The Hall–Kier alpha value is -2.14. The number of carbonyl (C=O) groups excluding carboxylic acids is 1. The second-order valence-corrected chi connectivity index (χ2v) is 4.83. The van der Waals surface area contributed by atoms with Gasteiger partial charge in [-0.25, -0.2) is 4.98 Å². The Morgan fingerprint density at radius 1 is 1.40 bits per heavy atom. The predicted molar refractivity (Wildman–Crippen MR) is 76.4 cm³/mol. The van der Waals surface area contributed by atoms with Crippen LogP contribution in [0.3, 0.4) is 0 Å². The average Bonchev–Trinajstić information content (AvgIpc) is 2.92. The third kappa shape index (κ3) is 4.20. The maximum atomic E-state index is 11.8. The Morgan fingerprint density at radius 2 is 2.15 bits per heavy atom. The smallest absolute Gasteiger partial charge is 0.251 e. The van der Waals surface area contributed by atoms with Crippen LogP contribution in [0, 0.1) is 0 Å². The molecule has 2 rings (SSSR count). The van der Waals surface area contributed by atoms with Gasteiger partial charge in [0.25, 0.3) is 5.91 Å². The summed E-state index contributed by atoms with van der Waals surface area (Å²) in [5.41, 5.74) is 1.74. The van der Waals surface area contributed by atoms with Crippen molar-refractivity contribution >= 4 is 5.91 Å². The minimum atomic E-state index is -0.396. The van der Waals surface area contributed by atoms with Crippen LogP contribution >= 0.6 is 0 Å². The predicted octanol–water partition coefficient (Wildman–Crippen LogP) is 1.43. The lowest BCUT2D eigenvalue weighted by molar-refractivity contribution is 0.0945. The molecule has 5 nitrogen and oxygen atoms in total. The third-order valence-corrected chi connectivity index (χ3v) is 2.99. The highest BCUT2D eigenvalue weighted by atomic mass is 16.3. The van der Waals surface area contributed by atoms with Crippen LogP contribution in [0.15, 0.2) is 43.0 Å². The summed E-state index contributed by atoms with van der Waals surface area (Å²) in [5, 5.41) is 11.9. The van der Waals surface area contributed by atoms with E-state index >= 15 is 0 Å². The number of nitrogens with one attached hydrogen (secondary N) is 1. The molecule has 0 bridgehead atoms. The first-order chi connectivity index (χ1) is 9.65. The summed E-state index contributed by atoms with van der Waals surface area (Å²) in [6, 6.07) is 7.49. The number of hydrogen-bond donors (Lipinski definition) is 2. The normalized spacial score (nSPS) is 12.1. The van der Waals surface area contributed by atoms with Crippen molar-refractivity contribution in [3.05, 3.63) is 54.1 Å². The fraction of sp³-hybridized carbons (Fsp3) is 0.333. The Morgan fingerprint density at radius 3 is 2.75 bits per heavy atom. The number of carbonyl (C=O) groups is 1. The fourth-order valence-corrected chi connectivity index (χ4v) is 1.85. The molecular formula is C15H19N3O2. The van der Waals surface area contributed by atoms with Crippen molar-refractivity contribution in [1.82, 2.24) is 14.9 Å². The number of aliphatic hydroxyl groups excluding tert-OH is 1. The summed E-state index contributed by atoms with van der Waals surface area (Å²) < 4.78 is 1.97. The number of imidazole rings is 1.